The van der Waals surface area contributed by atoms with Crippen LogP contribution < -0.4 is 4.57 Å². The van der Waals surface area contributed by atoms with Gasteiger partial charge in [-0.05, 0) is 0 Å². The number of aromatic nitrogens is 2. The van der Waals surface area contributed by atoms with Crippen molar-refractivity contribution in [2.75, 3.05) is 0 Å². The summed E-state index contributed by atoms with van der Waals surface area (Å²) in [5, 5.41) is 9.79. The quantitative estimate of drug-likeness (QED) is 0.592. The lowest BCUT2D eigenvalue weighted by molar-refractivity contribution is -0.571. The Morgan fingerprint density at radius 1 is 1.20 bits per heavy atom. The van der Waals surface area contributed by atoms with Crippen LogP contribution >= 0.6 is 0 Å². The van der Waals surface area contributed by atoms with Crippen molar-refractivity contribution in [3.05, 3.63) is 60.7 Å². The average molecular weight is 199 g/mol. The molecule has 2 rings (SSSR count). The third kappa shape index (κ3) is 2.40. The minimum Gasteiger partial charge on any atom is -0.504 e. The van der Waals surface area contributed by atoms with Gasteiger partial charge in [-0.25, -0.2) is 4.57 Å². The lowest BCUT2D eigenvalue weighted by atomic mass is 10.2. The molecule has 0 atom stereocenters. The van der Waals surface area contributed by atoms with Crippen molar-refractivity contribution in [1.29, 1.82) is 0 Å². The van der Waals surface area contributed by atoms with Gasteiger partial charge in [-0.3, -0.25) is 0 Å². The zero-order valence-corrected chi connectivity index (χ0v) is 8.12. The van der Waals surface area contributed by atoms with Crippen LogP contribution in [0.25, 0.3) is 12.0 Å². The van der Waals surface area contributed by atoms with Crippen LogP contribution in [0.3, 0.4) is 0 Å². The molecule has 1 aromatic carbocycles. The maximum absolute atomic E-state index is 9.79. The van der Waals surface area contributed by atoms with Crippen LogP contribution in [0, 0.1) is 0 Å². The highest BCUT2D eigenvalue weighted by Crippen LogP contribution is 2.08. The van der Waals surface area contributed by atoms with Gasteiger partial charge in [0.25, 0.3) is 6.33 Å². The topological polar surface area (TPSA) is 37.0 Å². The highest BCUT2D eigenvalue weighted by molar-refractivity contribution is 5.65. The van der Waals surface area contributed by atoms with Gasteiger partial charge in [0.1, 0.15) is 12.4 Å². The molecule has 1 heterocycles. The summed E-state index contributed by atoms with van der Waals surface area (Å²) in [6.07, 6.45) is 6.73. The van der Waals surface area contributed by atoms with Crippen molar-refractivity contribution in [2.45, 2.75) is 0 Å². The zero-order valence-electron chi connectivity index (χ0n) is 8.12. The van der Waals surface area contributed by atoms with Gasteiger partial charge in [0.05, 0.1) is 6.20 Å². The van der Waals surface area contributed by atoms with E-state index in [1.165, 1.54) is 0 Å². The second kappa shape index (κ2) is 4.37. The monoisotopic (exact) mass is 199 g/mol. The van der Waals surface area contributed by atoms with Gasteiger partial charge in [0, 0.05) is 11.6 Å². The fraction of sp³-hybridized carbons (Fsp3) is 0. The molecule has 0 aliphatic carbocycles. The van der Waals surface area contributed by atoms with E-state index in [4.69, 9.17) is 0 Å². The van der Waals surface area contributed by atoms with Crippen LogP contribution in [0.2, 0.25) is 0 Å². The molecular weight excluding hydrogens is 188 g/mol. The number of hydrogen-bond acceptors (Lipinski definition) is 2. The average Bonchev–Trinajstić information content (AvgIpc) is 2.31. The molecule has 0 amide bonds. The summed E-state index contributed by atoms with van der Waals surface area (Å²) in [4.78, 5) is 3.94. The van der Waals surface area contributed by atoms with Gasteiger partial charge in [-0.1, -0.05) is 35.3 Å². The zero-order chi connectivity index (χ0) is 10.5. The Hall–Kier alpha value is -2.16. The molecule has 0 aliphatic rings. The van der Waals surface area contributed by atoms with Crippen LogP contribution in [0.15, 0.2) is 55.1 Å². The predicted octanol–water partition coefficient (Wildman–Crippen LogP) is 1.88. The molecule has 0 spiro atoms. The van der Waals surface area contributed by atoms with Crippen molar-refractivity contribution >= 4 is 12.0 Å². The normalized spacial score (nSPS) is 11.3. The summed E-state index contributed by atoms with van der Waals surface area (Å²) >= 11 is 0. The summed E-state index contributed by atoms with van der Waals surface area (Å²) in [6, 6.07) is 11.2. The third-order valence-corrected chi connectivity index (χ3v) is 1.97. The Labute approximate surface area is 88.0 Å². The second-order valence-electron chi connectivity index (χ2n) is 3.08. The van der Waals surface area contributed by atoms with Crippen LogP contribution in [-0.2, 0) is 0 Å². The third-order valence-electron chi connectivity index (χ3n) is 1.97. The van der Waals surface area contributed by atoms with Crippen LogP contribution in [0.5, 0.6) is 0 Å². The molecule has 0 saturated heterocycles. The van der Waals surface area contributed by atoms with Crippen LogP contribution in [0.1, 0.15) is 5.56 Å². The van der Waals surface area contributed by atoms with E-state index in [0.29, 0.717) is 0 Å². The fourth-order valence-corrected chi connectivity index (χ4v) is 1.24. The number of hydrogen-bond donors (Lipinski definition) is 1. The SMILES string of the molecule is O/C(=C\[n+]1cccnc1)c1ccccc1. The van der Waals surface area contributed by atoms with E-state index in [1.54, 1.807) is 29.4 Å². The first kappa shape index (κ1) is 9.40. The Bertz CT molecular complexity index is 452. The first-order chi connectivity index (χ1) is 7.36. The fourth-order valence-electron chi connectivity index (χ4n) is 1.24. The number of aliphatic hydroxyl groups is 1. The summed E-state index contributed by atoms with van der Waals surface area (Å²) in [6.45, 7) is 0. The predicted molar refractivity (Wildman–Crippen MR) is 57.7 cm³/mol. The van der Waals surface area contributed by atoms with Crippen LogP contribution in [-0.4, -0.2) is 10.1 Å². The Morgan fingerprint density at radius 2 is 2.00 bits per heavy atom. The molecule has 0 fully saturated rings. The van der Waals surface area contributed by atoms with E-state index in [9.17, 15) is 5.11 Å². The highest BCUT2D eigenvalue weighted by Gasteiger charge is 1.99. The van der Waals surface area contributed by atoms with Gasteiger partial charge < -0.3 is 5.11 Å². The van der Waals surface area contributed by atoms with E-state index in [1.807, 2.05) is 36.5 Å². The summed E-state index contributed by atoms with van der Waals surface area (Å²) in [5.74, 6) is 0.216. The van der Waals surface area contributed by atoms with E-state index in [0.717, 1.165) is 5.56 Å². The molecule has 0 bridgehead atoms. The van der Waals surface area contributed by atoms with Gasteiger partial charge in [-0.2, -0.15) is 0 Å². The first-order valence-corrected chi connectivity index (χ1v) is 4.63. The molecule has 1 N–H and O–H groups in total. The lowest BCUT2D eigenvalue weighted by Gasteiger charge is -1.97. The van der Waals surface area contributed by atoms with Crippen molar-refractivity contribution in [2.24, 2.45) is 0 Å². The second-order valence-corrected chi connectivity index (χ2v) is 3.08. The minimum atomic E-state index is 0.216. The number of benzene rings is 1. The first-order valence-electron chi connectivity index (χ1n) is 4.63. The van der Waals surface area contributed by atoms with Crippen molar-refractivity contribution in [1.82, 2.24) is 4.98 Å². The van der Waals surface area contributed by atoms with Gasteiger partial charge >= 0.3 is 0 Å². The van der Waals surface area contributed by atoms with E-state index < -0.39 is 0 Å². The Morgan fingerprint density at radius 3 is 2.67 bits per heavy atom. The minimum absolute atomic E-state index is 0.216. The van der Waals surface area contributed by atoms with E-state index in [2.05, 4.69) is 4.98 Å². The molecule has 3 heteroatoms. The Balaban J connectivity index is 2.29. The van der Waals surface area contributed by atoms with Crippen LogP contribution in [0.4, 0.5) is 0 Å². The van der Waals surface area contributed by atoms with Crippen molar-refractivity contribution < 1.29 is 9.67 Å². The van der Waals surface area contributed by atoms with Gasteiger partial charge in [0.15, 0.2) is 5.76 Å². The maximum Gasteiger partial charge on any atom is 0.290 e. The van der Waals surface area contributed by atoms with Gasteiger partial charge in [-0.15, -0.1) is 0 Å². The largest absolute Gasteiger partial charge is 0.504 e. The smallest absolute Gasteiger partial charge is 0.290 e. The lowest BCUT2D eigenvalue weighted by Crippen LogP contribution is -2.25. The molecule has 0 unspecified atom stereocenters. The highest BCUT2D eigenvalue weighted by atomic mass is 16.3. The standard InChI is InChI=1S/C12H10N2O/c15-12(11-5-2-1-3-6-11)9-14-8-4-7-13-10-14/h1-10H/p+1/b12-9-. The van der Waals surface area contributed by atoms with Gasteiger partial charge in [0.2, 0.25) is 0 Å². The molecule has 15 heavy (non-hydrogen) atoms. The summed E-state index contributed by atoms with van der Waals surface area (Å²) in [5.41, 5.74) is 0.786. The molecule has 0 saturated carbocycles. The van der Waals surface area contributed by atoms with Crippen molar-refractivity contribution in [3.63, 3.8) is 0 Å². The molecule has 74 valence electrons. The molecule has 0 radical (unpaired) electrons. The Kier molecular flexibility index (Phi) is 2.74. The molecule has 3 nitrogen and oxygen atoms in total. The molecular formula is C12H11N2O+. The van der Waals surface area contributed by atoms with E-state index in [-0.39, 0.29) is 5.76 Å². The number of aliphatic hydroxyl groups excluding tert-OH is 1. The van der Waals surface area contributed by atoms with Crippen molar-refractivity contribution in [3.8, 4) is 0 Å². The summed E-state index contributed by atoms with van der Waals surface area (Å²) in [7, 11) is 0. The maximum atomic E-state index is 9.79. The molecule has 2 aromatic rings. The van der Waals surface area contributed by atoms with E-state index >= 15 is 0 Å². The number of rotatable bonds is 2. The summed E-state index contributed by atoms with van der Waals surface area (Å²) < 4.78 is 1.70. The number of nitrogens with zero attached hydrogens (tertiary/aromatic N) is 2. The molecule has 0 aliphatic heterocycles. The molecule has 1 aromatic heterocycles.